The van der Waals surface area contributed by atoms with Crippen LogP contribution in [0.3, 0.4) is 0 Å². The Hall–Kier alpha value is -6.56. The molecule has 0 spiro atoms. The van der Waals surface area contributed by atoms with Crippen molar-refractivity contribution in [3.63, 3.8) is 0 Å². The van der Waals surface area contributed by atoms with Crippen LogP contribution in [0.15, 0.2) is 154 Å². The maximum Gasteiger partial charge on any atom is 0.252 e. The molecule has 0 fully saturated rings. The molecule has 248 valence electrons. The topological polar surface area (TPSA) is 26.2 Å². The summed E-state index contributed by atoms with van der Waals surface area (Å²) in [6.07, 6.45) is 0. The molecule has 0 N–H and O–H groups in total. The van der Waals surface area contributed by atoms with Crippen molar-refractivity contribution in [3.8, 4) is 11.4 Å². The molecule has 5 aliphatic heterocycles. The number of hydrogen-bond donors (Lipinski definition) is 0. The Morgan fingerprint density at radius 1 is 0.455 bits per heavy atom. The van der Waals surface area contributed by atoms with E-state index in [0.717, 1.165) is 11.2 Å². The number of nitrogens with zero attached hydrogens (tertiary/aromatic N) is 3. The first kappa shape index (κ1) is 27.1. The van der Waals surface area contributed by atoms with Crippen LogP contribution in [0.25, 0.3) is 76.9 Å². The van der Waals surface area contributed by atoms with Gasteiger partial charge in [-0.05, 0) is 69.2 Å². The summed E-state index contributed by atoms with van der Waals surface area (Å²) in [5, 5.41) is 7.51. The van der Waals surface area contributed by atoms with Crippen LogP contribution in [0.1, 0.15) is 0 Å². The molecule has 3 aromatic heterocycles. The summed E-state index contributed by atoms with van der Waals surface area (Å²) < 4.78 is 12.2. The fourth-order valence-corrected chi connectivity index (χ4v) is 12.9. The highest BCUT2D eigenvalue weighted by molar-refractivity contribution is 7.99. The van der Waals surface area contributed by atoms with E-state index in [1.807, 2.05) is 11.8 Å². The van der Waals surface area contributed by atoms with E-state index in [2.05, 4.69) is 154 Å². The summed E-state index contributed by atoms with van der Waals surface area (Å²) in [5.74, 6) is 0. The smallest absolute Gasteiger partial charge is 0.252 e. The van der Waals surface area contributed by atoms with Crippen molar-refractivity contribution in [2.45, 2.75) is 9.79 Å². The largest absolute Gasteiger partial charge is 0.455 e. The van der Waals surface area contributed by atoms with E-state index < -0.39 is 0 Å². The van der Waals surface area contributed by atoms with Crippen molar-refractivity contribution >= 4 is 141 Å². The van der Waals surface area contributed by atoms with Gasteiger partial charge in [0.2, 0.25) is 0 Å². The highest BCUT2D eigenvalue weighted by Crippen LogP contribution is 2.54. The molecule has 0 saturated heterocycles. The van der Waals surface area contributed by atoms with Gasteiger partial charge in [-0.15, -0.1) is 0 Å². The zero-order valence-corrected chi connectivity index (χ0v) is 29.9. The van der Waals surface area contributed by atoms with Gasteiger partial charge in [0.05, 0.1) is 27.8 Å². The second-order valence-corrected chi connectivity index (χ2v) is 17.0. The number of rotatable bonds is 0. The van der Waals surface area contributed by atoms with Crippen LogP contribution in [0.5, 0.6) is 0 Å². The van der Waals surface area contributed by atoms with Crippen molar-refractivity contribution in [2.75, 3.05) is 4.90 Å². The van der Waals surface area contributed by atoms with Crippen LogP contribution >= 0.6 is 11.8 Å². The number of hydrogen-bond acceptors (Lipinski definition) is 3. The van der Waals surface area contributed by atoms with Crippen molar-refractivity contribution in [1.29, 1.82) is 0 Å². The second kappa shape index (κ2) is 8.70. The van der Waals surface area contributed by atoms with Crippen LogP contribution in [-0.2, 0) is 0 Å². The van der Waals surface area contributed by atoms with Crippen LogP contribution in [0, 0.1) is 0 Å². The summed E-state index contributed by atoms with van der Waals surface area (Å²) in [6, 6.07) is 52.7. The Bertz CT molecular complexity index is 3740. The van der Waals surface area contributed by atoms with E-state index in [1.165, 1.54) is 125 Å². The number of aromatic nitrogens is 2. The molecule has 0 atom stereocenters. The Labute approximate surface area is 318 Å². The maximum absolute atomic E-state index is 6.93. The molecule has 16 rings (SSSR count). The average Bonchev–Trinajstić information content (AvgIpc) is 3.90. The SMILES string of the molecule is c1ccc2c(c1)Sc1cccc3c1N2c1cc2c4c5c1B3c1cc3c6ccccc6oc3c3c6cccc(c6n-5c13)B4c1cccc3c4ccccc4n-2c13. The van der Waals surface area contributed by atoms with Gasteiger partial charge in [-0.2, -0.15) is 0 Å². The summed E-state index contributed by atoms with van der Waals surface area (Å²) in [6.45, 7) is 0.132. The molecular formula is C48H23B2N3OS. The number of anilines is 3. The Kier molecular flexibility index (Phi) is 4.28. The molecule has 55 heavy (non-hydrogen) atoms. The molecule has 8 heterocycles. The molecule has 0 saturated carbocycles. The van der Waals surface area contributed by atoms with E-state index in [9.17, 15) is 0 Å². The molecule has 4 nitrogen and oxygen atoms in total. The normalized spacial score (nSPS) is 14.7. The van der Waals surface area contributed by atoms with Crippen LogP contribution in [0.2, 0.25) is 0 Å². The zero-order chi connectivity index (χ0) is 35.0. The van der Waals surface area contributed by atoms with E-state index in [4.69, 9.17) is 4.42 Å². The predicted octanol–water partition coefficient (Wildman–Crippen LogP) is 8.00. The average molecular weight is 711 g/mol. The summed E-state index contributed by atoms with van der Waals surface area (Å²) in [7, 11) is 0. The number of benzene rings is 8. The number of para-hydroxylation sites is 6. The van der Waals surface area contributed by atoms with Crippen molar-refractivity contribution in [3.05, 3.63) is 140 Å². The first-order valence-corrected chi connectivity index (χ1v) is 20.0. The van der Waals surface area contributed by atoms with Gasteiger partial charge in [0.15, 0.2) is 0 Å². The molecule has 11 aromatic rings. The van der Waals surface area contributed by atoms with Crippen molar-refractivity contribution in [1.82, 2.24) is 9.13 Å². The molecule has 0 radical (unpaired) electrons. The van der Waals surface area contributed by atoms with Crippen LogP contribution in [-0.4, -0.2) is 22.6 Å². The summed E-state index contributed by atoms with van der Waals surface area (Å²) in [4.78, 5) is 5.22. The molecule has 5 aliphatic rings. The van der Waals surface area contributed by atoms with Gasteiger partial charge in [-0.25, -0.2) is 0 Å². The number of fused-ring (bicyclic) bond motifs is 16. The minimum atomic E-state index is 0.0468. The summed E-state index contributed by atoms with van der Waals surface area (Å²) >= 11 is 1.90. The fourth-order valence-electron chi connectivity index (χ4n) is 11.8. The lowest BCUT2D eigenvalue weighted by atomic mass is 9.30. The van der Waals surface area contributed by atoms with Crippen molar-refractivity contribution < 1.29 is 4.42 Å². The molecule has 0 amide bonds. The van der Waals surface area contributed by atoms with Gasteiger partial charge in [0, 0.05) is 64.8 Å². The first-order chi connectivity index (χ1) is 27.3. The molecule has 0 aliphatic carbocycles. The van der Waals surface area contributed by atoms with Crippen LogP contribution < -0.4 is 37.7 Å². The minimum Gasteiger partial charge on any atom is -0.455 e. The lowest BCUT2D eigenvalue weighted by Gasteiger charge is -2.46. The van der Waals surface area contributed by atoms with E-state index in [0.29, 0.717) is 0 Å². The lowest BCUT2D eigenvalue weighted by molar-refractivity contribution is 0.673. The third-order valence-electron chi connectivity index (χ3n) is 13.6. The van der Waals surface area contributed by atoms with Gasteiger partial charge in [0.1, 0.15) is 11.2 Å². The van der Waals surface area contributed by atoms with Crippen molar-refractivity contribution in [2.24, 2.45) is 0 Å². The molecule has 0 unspecified atom stereocenters. The second-order valence-electron chi connectivity index (χ2n) is 15.9. The minimum absolute atomic E-state index is 0.0468. The Morgan fingerprint density at radius 2 is 1.15 bits per heavy atom. The van der Waals surface area contributed by atoms with E-state index >= 15 is 0 Å². The highest BCUT2D eigenvalue weighted by atomic mass is 32.2. The van der Waals surface area contributed by atoms with E-state index in [1.54, 1.807) is 0 Å². The quantitative estimate of drug-likeness (QED) is 0.149. The highest BCUT2D eigenvalue weighted by Gasteiger charge is 2.51. The van der Waals surface area contributed by atoms with E-state index in [-0.39, 0.29) is 13.4 Å². The van der Waals surface area contributed by atoms with Gasteiger partial charge >= 0.3 is 0 Å². The van der Waals surface area contributed by atoms with Gasteiger partial charge in [0.25, 0.3) is 13.4 Å². The maximum atomic E-state index is 6.93. The fraction of sp³-hybridized carbons (Fsp3) is 0. The third-order valence-corrected chi connectivity index (χ3v) is 14.7. The Morgan fingerprint density at radius 3 is 2.07 bits per heavy atom. The molecule has 7 heteroatoms. The molecule has 8 aromatic carbocycles. The van der Waals surface area contributed by atoms with Gasteiger partial charge in [-0.3, -0.25) is 0 Å². The van der Waals surface area contributed by atoms with Crippen LogP contribution in [0.4, 0.5) is 17.1 Å². The predicted molar refractivity (Wildman–Crippen MR) is 231 cm³/mol. The molecule has 0 bridgehead atoms. The zero-order valence-electron chi connectivity index (χ0n) is 29.1. The number of furan rings is 1. The molecular weight excluding hydrogens is 688 g/mol. The first-order valence-electron chi connectivity index (χ1n) is 19.2. The standard InChI is InChI=1S/C48H23B2N3OS/c1-3-17-33-24(10-1)26-12-7-14-29-43(26)51(33)35-23-36-42-47-41(35)49(29)30-15-8-13-27-40-46(53(47)44(27)30)32(22-28-25-11-2-5-19-37(25)54-48(28)40)50(42)31-16-9-21-39-45(31)52(36)34-18-4-6-20-38(34)55-39/h1-23H. The monoisotopic (exact) mass is 711 g/mol. The van der Waals surface area contributed by atoms with Gasteiger partial charge < -0.3 is 18.5 Å². The third kappa shape index (κ3) is 2.76. The van der Waals surface area contributed by atoms with Gasteiger partial charge in [-0.1, -0.05) is 115 Å². The lowest BCUT2D eigenvalue weighted by Crippen LogP contribution is -2.67. The summed E-state index contributed by atoms with van der Waals surface area (Å²) in [5.41, 5.74) is 22.0. The Balaban J connectivity index is 1.21.